The number of rotatable bonds is 7. The molecule has 0 spiro atoms. The molecule has 1 fully saturated rings. The standard InChI is InChI=1S/C12H20N2O2/c1-15-8-7-13-6-5-12-14-9-11(16-12)10-3-2-4-10/h9-10,13H,2-8H2,1H3. The van der Waals surface area contributed by atoms with E-state index in [9.17, 15) is 0 Å². The Kier molecular flexibility index (Phi) is 4.36. The first-order valence-electron chi connectivity index (χ1n) is 6.04. The molecule has 0 unspecified atom stereocenters. The molecule has 0 atom stereocenters. The van der Waals surface area contributed by atoms with Crippen molar-refractivity contribution < 1.29 is 9.15 Å². The Morgan fingerprint density at radius 2 is 2.38 bits per heavy atom. The number of aromatic nitrogens is 1. The number of hydrogen-bond donors (Lipinski definition) is 1. The van der Waals surface area contributed by atoms with Gasteiger partial charge in [0.1, 0.15) is 5.76 Å². The van der Waals surface area contributed by atoms with Crippen LogP contribution in [-0.4, -0.2) is 31.8 Å². The van der Waals surface area contributed by atoms with Crippen molar-refractivity contribution >= 4 is 0 Å². The average molecular weight is 224 g/mol. The molecule has 2 rings (SSSR count). The summed E-state index contributed by atoms with van der Waals surface area (Å²) in [5.41, 5.74) is 0. The average Bonchev–Trinajstić information content (AvgIpc) is 2.64. The number of nitrogens with one attached hydrogen (secondary N) is 1. The van der Waals surface area contributed by atoms with Crippen molar-refractivity contribution in [2.45, 2.75) is 31.6 Å². The number of nitrogens with zero attached hydrogens (tertiary/aromatic N) is 1. The van der Waals surface area contributed by atoms with Gasteiger partial charge in [0.25, 0.3) is 0 Å². The number of ether oxygens (including phenoxy) is 1. The van der Waals surface area contributed by atoms with Crippen molar-refractivity contribution in [2.24, 2.45) is 0 Å². The molecule has 1 aromatic heterocycles. The van der Waals surface area contributed by atoms with Crippen LogP contribution in [0.3, 0.4) is 0 Å². The summed E-state index contributed by atoms with van der Waals surface area (Å²) in [5, 5.41) is 3.28. The molecule has 0 bridgehead atoms. The summed E-state index contributed by atoms with van der Waals surface area (Å²) in [6.07, 6.45) is 6.62. The molecule has 0 amide bonds. The van der Waals surface area contributed by atoms with Crippen LogP contribution in [0.15, 0.2) is 10.6 Å². The lowest BCUT2D eigenvalue weighted by Gasteiger charge is -2.22. The summed E-state index contributed by atoms with van der Waals surface area (Å²) in [5.74, 6) is 2.58. The maximum atomic E-state index is 5.71. The van der Waals surface area contributed by atoms with Gasteiger partial charge in [0.15, 0.2) is 5.89 Å². The molecule has 16 heavy (non-hydrogen) atoms. The predicted octanol–water partition coefficient (Wildman–Crippen LogP) is 1.72. The van der Waals surface area contributed by atoms with Crippen molar-refractivity contribution in [1.82, 2.24) is 10.3 Å². The van der Waals surface area contributed by atoms with Gasteiger partial charge in [-0.2, -0.15) is 0 Å². The van der Waals surface area contributed by atoms with E-state index in [2.05, 4.69) is 10.3 Å². The zero-order chi connectivity index (χ0) is 11.2. The molecule has 90 valence electrons. The third-order valence-corrected chi connectivity index (χ3v) is 3.08. The lowest BCUT2D eigenvalue weighted by Crippen LogP contribution is -2.21. The molecule has 0 radical (unpaired) electrons. The van der Waals surface area contributed by atoms with Crippen molar-refractivity contribution in [3.05, 3.63) is 17.8 Å². The number of oxazole rings is 1. The lowest BCUT2D eigenvalue weighted by molar-refractivity contribution is 0.199. The van der Waals surface area contributed by atoms with E-state index in [-0.39, 0.29) is 0 Å². The van der Waals surface area contributed by atoms with Crippen molar-refractivity contribution in [3.8, 4) is 0 Å². The summed E-state index contributed by atoms with van der Waals surface area (Å²) in [7, 11) is 1.71. The van der Waals surface area contributed by atoms with E-state index in [0.717, 1.165) is 37.8 Å². The number of hydrogen-bond acceptors (Lipinski definition) is 4. The molecule has 4 heteroatoms. The molecule has 0 aliphatic heterocycles. The minimum Gasteiger partial charge on any atom is -0.445 e. The Balaban J connectivity index is 1.66. The fraction of sp³-hybridized carbons (Fsp3) is 0.750. The molecular formula is C12H20N2O2. The maximum absolute atomic E-state index is 5.71. The van der Waals surface area contributed by atoms with Gasteiger partial charge in [-0.15, -0.1) is 0 Å². The molecule has 1 saturated carbocycles. The van der Waals surface area contributed by atoms with Gasteiger partial charge < -0.3 is 14.5 Å². The maximum Gasteiger partial charge on any atom is 0.195 e. The molecular weight excluding hydrogens is 204 g/mol. The predicted molar refractivity (Wildman–Crippen MR) is 61.5 cm³/mol. The van der Waals surface area contributed by atoms with Crippen LogP contribution in [0.4, 0.5) is 0 Å². The quantitative estimate of drug-likeness (QED) is 0.716. The van der Waals surface area contributed by atoms with E-state index < -0.39 is 0 Å². The minimum atomic E-state index is 0.641. The Hall–Kier alpha value is -0.870. The first-order valence-corrected chi connectivity index (χ1v) is 6.04. The summed E-state index contributed by atoms with van der Waals surface area (Å²) in [6.45, 7) is 2.53. The van der Waals surface area contributed by atoms with Crippen molar-refractivity contribution in [1.29, 1.82) is 0 Å². The monoisotopic (exact) mass is 224 g/mol. The first kappa shape index (κ1) is 11.6. The van der Waals surface area contributed by atoms with Crippen molar-refractivity contribution in [3.63, 3.8) is 0 Å². The highest BCUT2D eigenvalue weighted by Crippen LogP contribution is 2.36. The van der Waals surface area contributed by atoms with Crippen molar-refractivity contribution in [2.75, 3.05) is 26.8 Å². The minimum absolute atomic E-state index is 0.641. The van der Waals surface area contributed by atoms with Gasteiger partial charge in [-0.05, 0) is 12.8 Å². The fourth-order valence-electron chi connectivity index (χ4n) is 1.82. The Morgan fingerprint density at radius 3 is 3.06 bits per heavy atom. The van der Waals surface area contributed by atoms with Crippen LogP contribution in [0.25, 0.3) is 0 Å². The Labute approximate surface area is 96.4 Å². The summed E-state index contributed by atoms with van der Waals surface area (Å²) in [4.78, 5) is 4.30. The highest BCUT2D eigenvalue weighted by molar-refractivity contribution is 5.05. The van der Waals surface area contributed by atoms with Gasteiger partial charge in [0.2, 0.25) is 0 Å². The second-order valence-corrected chi connectivity index (χ2v) is 4.28. The smallest absolute Gasteiger partial charge is 0.195 e. The van der Waals surface area contributed by atoms with Crippen LogP contribution in [0.1, 0.15) is 36.8 Å². The van der Waals surface area contributed by atoms with E-state index in [4.69, 9.17) is 9.15 Å². The van der Waals surface area contributed by atoms with E-state index in [1.54, 1.807) is 7.11 Å². The molecule has 4 nitrogen and oxygen atoms in total. The van der Waals surface area contributed by atoms with Crippen LogP contribution in [-0.2, 0) is 11.2 Å². The topological polar surface area (TPSA) is 47.3 Å². The van der Waals surface area contributed by atoms with E-state index >= 15 is 0 Å². The van der Waals surface area contributed by atoms with Gasteiger partial charge in [-0.3, -0.25) is 0 Å². The van der Waals surface area contributed by atoms with Gasteiger partial charge >= 0.3 is 0 Å². The second-order valence-electron chi connectivity index (χ2n) is 4.28. The lowest BCUT2D eigenvalue weighted by atomic mass is 9.84. The third kappa shape index (κ3) is 3.06. The molecule has 1 aromatic rings. The third-order valence-electron chi connectivity index (χ3n) is 3.08. The summed E-state index contributed by atoms with van der Waals surface area (Å²) < 4.78 is 10.7. The van der Waals surface area contributed by atoms with Gasteiger partial charge in [-0.1, -0.05) is 6.42 Å². The molecule has 0 saturated heterocycles. The summed E-state index contributed by atoms with van der Waals surface area (Å²) >= 11 is 0. The highest BCUT2D eigenvalue weighted by atomic mass is 16.5. The van der Waals surface area contributed by atoms with Gasteiger partial charge in [0, 0.05) is 32.5 Å². The molecule has 0 aromatic carbocycles. The molecule has 1 N–H and O–H groups in total. The van der Waals surface area contributed by atoms with Crippen LogP contribution in [0.5, 0.6) is 0 Å². The van der Waals surface area contributed by atoms with Crippen LogP contribution in [0, 0.1) is 0 Å². The van der Waals surface area contributed by atoms with E-state index in [1.165, 1.54) is 19.3 Å². The van der Waals surface area contributed by atoms with Gasteiger partial charge in [0.05, 0.1) is 12.8 Å². The van der Waals surface area contributed by atoms with E-state index in [1.807, 2.05) is 6.20 Å². The van der Waals surface area contributed by atoms with E-state index in [0.29, 0.717) is 5.92 Å². The van der Waals surface area contributed by atoms with Crippen LogP contribution in [0.2, 0.25) is 0 Å². The normalized spacial score (nSPS) is 16.3. The Bertz CT molecular complexity index is 308. The highest BCUT2D eigenvalue weighted by Gasteiger charge is 2.23. The molecule has 1 heterocycles. The second kappa shape index (κ2) is 6.01. The number of methoxy groups -OCH3 is 1. The molecule has 1 aliphatic rings. The summed E-state index contributed by atoms with van der Waals surface area (Å²) in [6, 6.07) is 0. The van der Waals surface area contributed by atoms with Gasteiger partial charge in [-0.25, -0.2) is 4.98 Å². The zero-order valence-electron chi connectivity index (χ0n) is 9.87. The van der Waals surface area contributed by atoms with Crippen LogP contribution >= 0.6 is 0 Å². The SMILES string of the molecule is COCCNCCc1ncc(C2CCC2)o1. The largest absolute Gasteiger partial charge is 0.445 e. The first-order chi connectivity index (χ1) is 7.90. The molecule has 1 aliphatic carbocycles. The zero-order valence-corrected chi connectivity index (χ0v) is 9.87. The Morgan fingerprint density at radius 1 is 1.50 bits per heavy atom. The fourth-order valence-corrected chi connectivity index (χ4v) is 1.82. The van der Waals surface area contributed by atoms with Crippen LogP contribution < -0.4 is 5.32 Å².